The number of piperidine rings is 1. The number of hydrogen-bond donors (Lipinski definition) is 0. The third-order valence-electron chi connectivity index (χ3n) is 3.90. The molecule has 1 unspecified atom stereocenters. The Balaban J connectivity index is 2.21. The number of amides is 1. The molecule has 5 heteroatoms. The van der Waals surface area contributed by atoms with E-state index in [4.69, 9.17) is 9.47 Å². The molecule has 1 heterocycles. The van der Waals surface area contributed by atoms with Gasteiger partial charge < -0.3 is 14.4 Å². The van der Waals surface area contributed by atoms with Gasteiger partial charge in [0.2, 0.25) is 0 Å². The van der Waals surface area contributed by atoms with Crippen LogP contribution in [-0.4, -0.2) is 43.9 Å². The maximum absolute atomic E-state index is 12.6. The van der Waals surface area contributed by atoms with Crippen molar-refractivity contribution in [1.82, 2.24) is 4.90 Å². The van der Waals surface area contributed by atoms with Gasteiger partial charge in [0.15, 0.2) is 0 Å². The number of likely N-dealkylation sites (tertiary alicyclic amines) is 1. The maximum Gasteiger partial charge on any atom is 0.254 e. The molecule has 21 heavy (non-hydrogen) atoms. The van der Waals surface area contributed by atoms with Gasteiger partial charge in [-0.3, -0.25) is 9.59 Å². The average Bonchev–Trinajstić information content (AvgIpc) is 2.54. The number of Topliss-reactive ketones (excluding diaryl/α,β-unsaturated/α-hetero) is 1. The second-order valence-corrected chi connectivity index (χ2v) is 5.17. The van der Waals surface area contributed by atoms with Gasteiger partial charge in [-0.05, 0) is 18.6 Å². The minimum Gasteiger partial charge on any atom is -0.497 e. The van der Waals surface area contributed by atoms with Crippen LogP contribution in [0.5, 0.6) is 11.5 Å². The first kappa shape index (κ1) is 15.4. The lowest BCUT2D eigenvalue weighted by molar-refractivity contribution is -0.125. The lowest BCUT2D eigenvalue weighted by atomic mass is 9.93. The summed E-state index contributed by atoms with van der Waals surface area (Å²) in [6.07, 6.45) is 1.20. The quantitative estimate of drug-likeness (QED) is 0.853. The Morgan fingerprint density at radius 1 is 1.24 bits per heavy atom. The van der Waals surface area contributed by atoms with Crippen molar-refractivity contribution in [3.05, 3.63) is 23.8 Å². The van der Waals surface area contributed by atoms with Crippen LogP contribution in [0, 0.1) is 5.92 Å². The van der Waals surface area contributed by atoms with E-state index in [0.29, 0.717) is 36.6 Å². The van der Waals surface area contributed by atoms with Crippen LogP contribution < -0.4 is 9.47 Å². The van der Waals surface area contributed by atoms with Crippen LogP contribution in [0.1, 0.15) is 30.1 Å². The van der Waals surface area contributed by atoms with Crippen molar-refractivity contribution < 1.29 is 19.1 Å². The fourth-order valence-electron chi connectivity index (χ4n) is 2.56. The standard InChI is InChI=1S/C16H21NO4/c1-4-11-10-17(6-5-15(11)18)16(19)12-7-13(20-2)9-14(8-12)21-3/h7-9,11H,4-6,10H2,1-3H3. The Hall–Kier alpha value is -2.04. The zero-order chi connectivity index (χ0) is 15.4. The number of rotatable bonds is 4. The molecule has 1 atom stereocenters. The van der Waals surface area contributed by atoms with E-state index in [1.807, 2.05) is 6.92 Å². The molecule has 1 aromatic carbocycles. The molecule has 0 spiro atoms. The van der Waals surface area contributed by atoms with Gasteiger partial charge in [0.25, 0.3) is 5.91 Å². The lowest BCUT2D eigenvalue weighted by Gasteiger charge is -2.31. The largest absolute Gasteiger partial charge is 0.497 e. The predicted molar refractivity (Wildman–Crippen MR) is 78.9 cm³/mol. The Bertz CT molecular complexity index is 519. The third kappa shape index (κ3) is 3.35. The molecule has 0 bridgehead atoms. The minimum absolute atomic E-state index is 0.0461. The van der Waals surface area contributed by atoms with Crippen LogP contribution in [0.4, 0.5) is 0 Å². The summed E-state index contributed by atoms with van der Waals surface area (Å²) in [5.74, 6) is 1.29. The van der Waals surface area contributed by atoms with Crippen LogP contribution in [0.25, 0.3) is 0 Å². The fourth-order valence-corrected chi connectivity index (χ4v) is 2.56. The van der Waals surface area contributed by atoms with E-state index in [0.717, 1.165) is 6.42 Å². The van der Waals surface area contributed by atoms with Gasteiger partial charge in [0.1, 0.15) is 17.3 Å². The summed E-state index contributed by atoms with van der Waals surface area (Å²) >= 11 is 0. The summed E-state index contributed by atoms with van der Waals surface area (Å²) in [7, 11) is 3.10. The van der Waals surface area contributed by atoms with Gasteiger partial charge in [-0.1, -0.05) is 6.92 Å². The summed E-state index contributed by atoms with van der Waals surface area (Å²) in [5.41, 5.74) is 0.524. The molecule has 1 aliphatic heterocycles. The Morgan fingerprint density at radius 3 is 2.38 bits per heavy atom. The summed E-state index contributed by atoms with van der Waals surface area (Å²) in [6.45, 7) is 2.95. The number of hydrogen-bond acceptors (Lipinski definition) is 4. The van der Waals surface area contributed by atoms with E-state index < -0.39 is 0 Å². The second-order valence-electron chi connectivity index (χ2n) is 5.17. The smallest absolute Gasteiger partial charge is 0.254 e. The van der Waals surface area contributed by atoms with Gasteiger partial charge in [-0.2, -0.15) is 0 Å². The molecule has 5 nitrogen and oxygen atoms in total. The van der Waals surface area contributed by atoms with Gasteiger partial charge in [0, 0.05) is 37.1 Å². The van der Waals surface area contributed by atoms with E-state index in [1.54, 1.807) is 37.3 Å². The molecule has 1 fully saturated rings. The van der Waals surface area contributed by atoms with Gasteiger partial charge >= 0.3 is 0 Å². The Kier molecular flexibility index (Phi) is 4.83. The highest BCUT2D eigenvalue weighted by Crippen LogP contribution is 2.25. The highest BCUT2D eigenvalue weighted by molar-refractivity contribution is 5.96. The number of ether oxygens (including phenoxy) is 2. The van der Waals surface area contributed by atoms with Gasteiger partial charge in [0.05, 0.1) is 14.2 Å². The summed E-state index contributed by atoms with van der Waals surface area (Å²) in [4.78, 5) is 26.1. The van der Waals surface area contributed by atoms with E-state index in [9.17, 15) is 9.59 Å². The average molecular weight is 291 g/mol. The molecule has 0 saturated carbocycles. The van der Waals surface area contributed by atoms with Crippen molar-refractivity contribution in [3.63, 3.8) is 0 Å². The first-order chi connectivity index (χ1) is 10.1. The number of carbonyl (C=O) groups is 2. The van der Waals surface area contributed by atoms with E-state index in [-0.39, 0.29) is 17.6 Å². The molecular weight excluding hydrogens is 270 g/mol. The van der Waals surface area contributed by atoms with E-state index >= 15 is 0 Å². The molecule has 1 saturated heterocycles. The molecule has 2 rings (SSSR count). The van der Waals surface area contributed by atoms with Crippen LogP contribution >= 0.6 is 0 Å². The van der Waals surface area contributed by atoms with E-state index in [2.05, 4.69) is 0 Å². The van der Waals surface area contributed by atoms with E-state index in [1.165, 1.54) is 0 Å². The highest BCUT2D eigenvalue weighted by Gasteiger charge is 2.29. The highest BCUT2D eigenvalue weighted by atomic mass is 16.5. The van der Waals surface area contributed by atoms with Crippen molar-refractivity contribution in [2.24, 2.45) is 5.92 Å². The molecule has 0 aliphatic carbocycles. The number of methoxy groups -OCH3 is 2. The van der Waals surface area contributed by atoms with Crippen LogP contribution in [0.2, 0.25) is 0 Å². The molecular formula is C16H21NO4. The van der Waals surface area contributed by atoms with Crippen molar-refractivity contribution in [2.75, 3.05) is 27.3 Å². The normalized spacial score (nSPS) is 18.5. The molecule has 0 radical (unpaired) electrons. The zero-order valence-electron chi connectivity index (χ0n) is 12.7. The first-order valence-corrected chi connectivity index (χ1v) is 7.14. The van der Waals surface area contributed by atoms with Crippen molar-refractivity contribution in [1.29, 1.82) is 0 Å². The minimum atomic E-state index is -0.0850. The van der Waals surface area contributed by atoms with Gasteiger partial charge in [-0.25, -0.2) is 0 Å². The molecule has 0 N–H and O–H groups in total. The number of ketones is 1. The topological polar surface area (TPSA) is 55.8 Å². The molecule has 114 valence electrons. The van der Waals surface area contributed by atoms with Crippen molar-refractivity contribution in [3.8, 4) is 11.5 Å². The van der Waals surface area contributed by atoms with Crippen molar-refractivity contribution >= 4 is 11.7 Å². The SMILES string of the molecule is CCC1CN(C(=O)c2cc(OC)cc(OC)c2)CCC1=O. The Labute approximate surface area is 124 Å². The molecule has 1 amide bonds. The monoisotopic (exact) mass is 291 g/mol. The van der Waals surface area contributed by atoms with Crippen LogP contribution in [0.3, 0.4) is 0 Å². The summed E-state index contributed by atoms with van der Waals surface area (Å²) in [5, 5.41) is 0. The van der Waals surface area contributed by atoms with Gasteiger partial charge in [-0.15, -0.1) is 0 Å². The fraction of sp³-hybridized carbons (Fsp3) is 0.500. The van der Waals surface area contributed by atoms with Crippen molar-refractivity contribution in [2.45, 2.75) is 19.8 Å². The number of carbonyl (C=O) groups excluding carboxylic acids is 2. The number of benzene rings is 1. The second kappa shape index (κ2) is 6.61. The summed E-state index contributed by atoms with van der Waals surface area (Å²) < 4.78 is 10.4. The van der Waals surface area contributed by atoms with Crippen LogP contribution in [0.15, 0.2) is 18.2 Å². The predicted octanol–water partition coefficient (Wildman–Crippen LogP) is 2.15. The van der Waals surface area contributed by atoms with Crippen LogP contribution in [-0.2, 0) is 4.79 Å². The first-order valence-electron chi connectivity index (χ1n) is 7.14. The number of nitrogens with zero attached hydrogens (tertiary/aromatic N) is 1. The Morgan fingerprint density at radius 2 is 1.86 bits per heavy atom. The molecule has 1 aliphatic rings. The summed E-state index contributed by atoms with van der Waals surface area (Å²) in [6, 6.07) is 5.12. The maximum atomic E-state index is 12.6. The molecule has 1 aromatic rings. The lowest BCUT2D eigenvalue weighted by Crippen LogP contribution is -2.43. The third-order valence-corrected chi connectivity index (χ3v) is 3.90. The molecule has 0 aromatic heterocycles. The zero-order valence-corrected chi connectivity index (χ0v) is 12.7.